The van der Waals surface area contributed by atoms with E-state index in [2.05, 4.69) is 10.0 Å². The fraction of sp³-hybridized carbons (Fsp3) is 0.611. The summed E-state index contributed by atoms with van der Waals surface area (Å²) in [6, 6.07) is 5.84. The molecule has 1 aliphatic heterocycles. The van der Waals surface area contributed by atoms with Gasteiger partial charge in [0.2, 0.25) is 10.0 Å². The van der Waals surface area contributed by atoms with Gasteiger partial charge in [-0.2, -0.15) is 0 Å². The minimum atomic E-state index is -3.29. The molecule has 0 spiro atoms. The Morgan fingerprint density at radius 2 is 1.85 bits per heavy atom. The molecule has 0 unspecified atom stereocenters. The molecule has 3 rings (SSSR count). The maximum atomic E-state index is 12.9. The van der Waals surface area contributed by atoms with Crippen molar-refractivity contribution >= 4 is 16.1 Å². The van der Waals surface area contributed by atoms with Crippen molar-refractivity contribution in [3.8, 4) is 0 Å². The number of rotatable bonds is 6. The smallest absolute Gasteiger partial charge is 0.317 e. The number of amides is 2. The second-order valence-electron chi connectivity index (χ2n) is 7.57. The number of nitrogens with one attached hydrogen (secondary N) is 2. The van der Waals surface area contributed by atoms with E-state index in [4.69, 9.17) is 0 Å². The largest absolute Gasteiger partial charge is 0.334 e. The standard InChI is InChI=1S/C18H26FN3O3S/c1-26(24,25)21-18(12-14-2-3-14)8-10-22(11-9-18)17(23)20-13-15-4-6-16(19)7-5-15/h4-7,14,21H,2-3,8-13H2,1H3,(H,20,23). The van der Waals surface area contributed by atoms with Gasteiger partial charge in [-0.15, -0.1) is 0 Å². The van der Waals surface area contributed by atoms with Crippen molar-refractivity contribution in [3.63, 3.8) is 0 Å². The lowest BCUT2D eigenvalue weighted by Gasteiger charge is -2.42. The third-order valence-electron chi connectivity index (χ3n) is 5.14. The van der Waals surface area contributed by atoms with Crippen LogP contribution in [-0.4, -0.2) is 44.2 Å². The Hall–Kier alpha value is -1.67. The molecule has 0 aromatic heterocycles. The zero-order chi connectivity index (χ0) is 18.8. The maximum Gasteiger partial charge on any atom is 0.317 e. The molecule has 6 nitrogen and oxygen atoms in total. The summed E-state index contributed by atoms with van der Waals surface area (Å²) in [6.45, 7) is 1.37. The molecule has 2 amide bonds. The number of carbonyl (C=O) groups is 1. The van der Waals surface area contributed by atoms with Crippen LogP contribution in [0, 0.1) is 11.7 Å². The lowest BCUT2D eigenvalue weighted by Crippen LogP contribution is -2.57. The summed E-state index contributed by atoms with van der Waals surface area (Å²) >= 11 is 0. The van der Waals surface area contributed by atoms with Crippen molar-refractivity contribution in [1.29, 1.82) is 0 Å². The number of halogens is 1. The lowest BCUT2D eigenvalue weighted by atomic mass is 9.84. The van der Waals surface area contributed by atoms with E-state index >= 15 is 0 Å². The van der Waals surface area contributed by atoms with Crippen LogP contribution < -0.4 is 10.0 Å². The predicted octanol–water partition coefficient (Wildman–Crippen LogP) is 2.22. The Bertz CT molecular complexity index is 739. The SMILES string of the molecule is CS(=O)(=O)NC1(CC2CC2)CCN(C(=O)NCc2ccc(F)cc2)CC1. The third kappa shape index (κ3) is 5.41. The molecule has 1 saturated carbocycles. The average Bonchev–Trinajstić information content (AvgIpc) is 3.37. The average molecular weight is 383 g/mol. The third-order valence-corrected chi connectivity index (χ3v) is 5.95. The molecule has 1 aliphatic carbocycles. The van der Waals surface area contributed by atoms with Gasteiger partial charge in [-0.25, -0.2) is 22.3 Å². The summed E-state index contributed by atoms with van der Waals surface area (Å²) in [5.41, 5.74) is 0.404. The van der Waals surface area contributed by atoms with Crippen LogP contribution >= 0.6 is 0 Å². The van der Waals surface area contributed by atoms with Crippen molar-refractivity contribution in [1.82, 2.24) is 14.9 Å². The van der Waals surface area contributed by atoms with Crippen LogP contribution in [-0.2, 0) is 16.6 Å². The highest BCUT2D eigenvalue weighted by atomic mass is 32.2. The number of likely N-dealkylation sites (tertiary alicyclic amines) is 1. The molecule has 0 atom stereocenters. The molecular weight excluding hydrogens is 357 g/mol. The van der Waals surface area contributed by atoms with E-state index in [-0.39, 0.29) is 11.8 Å². The van der Waals surface area contributed by atoms with E-state index in [0.29, 0.717) is 38.4 Å². The van der Waals surface area contributed by atoms with Gasteiger partial charge in [0, 0.05) is 25.2 Å². The molecular formula is C18H26FN3O3S. The van der Waals surface area contributed by atoms with Gasteiger partial charge in [-0.3, -0.25) is 0 Å². The first kappa shape index (κ1) is 19.1. The van der Waals surface area contributed by atoms with Gasteiger partial charge in [0.15, 0.2) is 0 Å². The second kappa shape index (κ2) is 7.52. The summed E-state index contributed by atoms with van der Waals surface area (Å²) in [4.78, 5) is 14.1. The molecule has 2 N–H and O–H groups in total. The summed E-state index contributed by atoms with van der Waals surface area (Å²) in [5, 5.41) is 2.84. The molecule has 144 valence electrons. The first-order valence-electron chi connectivity index (χ1n) is 9.01. The number of carbonyl (C=O) groups excluding carboxylic acids is 1. The Kier molecular flexibility index (Phi) is 5.53. The Morgan fingerprint density at radius 1 is 1.23 bits per heavy atom. The highest BCUT2D eigenvalue weighted by Gasteiger charge is 2.42. The minimum Gasteiger partial charge on any atom is -0.334 e. The van der Waals surface area contributed by atoms with E-state index in [0.717, 1.165) is 24.8 Å². The summed E-state index contributed by atoms with van der Waals surface area (Å²) < 4.78 is 39.3. The quantitative estimate of drug-likeness (QED) is 0.791. The summed E-state index contributed by atoms with van der Waals surface area (Å²) in [6.07, 6.45) is 5.62. The normalized spacial score (nSPS) is 20.0. The zero-order valence-electron chi connectivity index (χ0n) is 15.0. The van der Waals surface area contributed by atoms with Crippen LogP contribution in [0.1, 0.15) is 37.7 Å². The van der Waals surface area contributed by atoms with Crippen LogP contribution in [0.3, 0.4) is 0 Å². The number of hydrogen-bond donors (Lipinski definition) is 2. The molecule has 8 heteroatoms. The predicted molar refractivity (Wildman–Crippen MR) is 97.5 cm³/mol. The first-order valence-corrected chi connectivity index (χ1v) is 10.9. The number of nitrogens with zero attached hydrogens (tertiary/aromatic N) is 1. The van der Waals surface area contributed by atoms with Crippen molar-refractivity contribution in [2.45, 2.75) is 44.2 Å². The molecule has 1 aromatic carbocycles. The van der Waals surface area contributed by atoms with E-state index in [9.17, 15) is 17.6 Å². The molecule has 1 heterocycles. The highest BCUT2D eigenvalue weighted by Crippen LogP contribution is 2.40. The Balaban J connectivity index is 1.53. The van der Waals surface area contributed by atoms with Crippen molar-refractivity contribution < 1.29 is 17.6 Å². The Morgan fingerprint density at radius 3 is 2.38 bits per heavy atom. The fourth-order valence-corrected chi connectivity index (χ4v) is 4.72. The van der Waals surface area contributed by atoms with E-state index in [1.54, 1.807) is 17.0 Å². The lowest BCUT2D eigenvalue weighted by molar-refractivity contribution is 0.145. The van der Waals surface area contributed by atoms with Crippen LogP contribution in [0.15, 0.2) is 24.3 Å². The zero-order valence-corrected chi connectivity index (χ0v) is 15.8. The number of piperidine rings is 1. The van der Waals surface area contributed by atoms with Gasteiger partial charge < -0.3 is 10.2 Å². The van der Waals surface area contributed by atoms with E-state index in [1.807, 2.05) is 0 Å². The molecule has 1 aromatic rings. The molecule has 2 fully saturated rings. The van der Waals surface area contributed by atoms with Crippen LogP contribution in [0.25, 0.3) is 0 Å². The monoisotopic (exact) mass is 383 g/mol. The number of benzene rings is 1. The molecule has 26 heavy (non-hydrogen) atoms. The minimum absolute atomic E-state index is 0.172. The second-order valence-corrected chi connectivity index (χ2v) is 9.32. The van der Waals surface area contributed by atoms with Gasteiger partial charge in [0.05, 0.1) is 6.26 Å². The van der Waals surface area contributed by atoms with E-state index in [1.165, 1.54) is 18.4 Å². The van der Waals surface area contributed by atoms with Gasteiger partial charge >= 0.3 is 6.03 Å². The first-order chi connectivity index (χ1) is 12.2. The highest BCUT2D eigenvalue weighted by molar-refractivity contribution is 7.88. The number of sulfonamides is 1. The molecule has 2 aliphatic rings. The summed E-state index contributed by atoms with van der Waals surface area (Å²) in [5.74, 6) is 0.296. The number of urea groups is 1. The van der Waals surface area contributed by atoms with Crippen LogP contribution in [0.2, 0.25) is 0 Å². The van der Waals surface area contributed by atoms with Crippen molar-refractivity contribution in [2.24, 2.45) is 5.92 Å². The van der Waals surface area contributed by atoms with Gasteiger partial charge in [-0.05, 0) is 42.9 Å². The molecule has 1 saturated heterocycles. The van der Waals surface area contributed by atoms with Gasteiger partial charge in [0.1, 0.15) is 5.82 Å². The fourth-order valence-electron chi connectivity index (χ4n) is 3.65. The summed E-state index contributed by atoms with van der Waals surface area (Å²) in [7, 11) is -3.29. The number of hydrogen-bond acceptors (Lipinski definition) is 3. The topological polar surface area (TPSA) is 78.5 Å². The van der Waals surface area contributed by atoms with Crippen LogP contribution in [0.4, 0.5) is 9.18 Å². The van der Waals surface area contributed by atoms with Crippen LogP contribution in [0.5, 0.6) is 0 Å². The van der Waals surface area contributed by atoms with E-state index < -0.39 is 15.6 Å². The molecule has 0 bridgehead atoms. The molecule has 0 radical (unpaired) electrons. The maximum absolute atomic E-state index is 12.9. The van der Waals surface area contributed by atoms with Crippen molar-refractivity contribution in [3.05, 3.63) is 35.6 Å². The van der Waals surface area contributed by atoms with Gasteiger partial charge in [0.25, 0.3) is 0 Å². The Labute approximate surface area is 154 Å². The van der Waals surface area contributed by atoms with Gasteiger partial charge in [-0.1, -0.05) is 25.0 Å². The van der Waals surface area contributed by atoms with Crippen molar-refractivity contribution in [2.75, 3.05) is 19.3 Å².